The van der Waals surface area contributed by atoms with Gasteiger partial charge in [-0.15, -0.1) is 0 Å². The molecule has 0 aromatic rings. The van der Waals surface area contributed by atoms with Crippen LogP contribution < -0.4 is 10.6 Å². The van der Waals surface area contributed by atoms with E-state index in [1.807, 2.05) is 13.8 Å². The number of nitrogens with zero attached hydrogens (tertiary/aromatic N) is 1. The average Bonchev–Trinajstić information content (AvgIpc) is 3.20. The van der Waals surface area contributed by atoms with Crippen LogP contribution in [0.4, 0.5) is 4.79 Å². The average molecular weight is 566 g/mol. The Morgan fingerprint density at radius 1 is 1.02 bits per heavy atom. The van der Waals surface area contributed by atoms with Crippen LogP contribution in [0.3, 0.4) is 0 Å². The van der Waals surface area contributed by atoms with Crippen molar-refractivity contribution in [2.75, 3.05) is 13.2 Å². The maximum absolute atomic E-state index is 14.1. The predicted molar refractivity (Wildman–Crippen MR) is 142 cm³/mol. The van der Waals surface area contributed by atoms with Crippen molar-refractivity contribution in [3.05, 3.63) is 0 Å². The van der Waals surface area contributed by atoms with Crippen molar-refractivity contribution >= 4 is 35.6 Å². The molecule has 3 amide bonds. The van der Waals surface area contributed by atoms with E-state index < -0.39 is 60.1 Å². The molecule has 3 N–H and O–H groups in total. The van der Waals surface area contributed by atoms with Crippen molar-refractivity contribution in [1.82, 2.24) is 15.5 Å². The normalized spacial score (nSPS) is 25.1. The van der Waals surface area contributed by atoms with Crippen LogP contribution >= 0.6 is 0 Å². The Bertz CT molecular complexity index is 1030. The maximum Gasteiger partial charge on any atom is 0.408 e. The fourth-order valence-corrected chi connectivity index (χ4v) is 6.23. The molecule has 3 fully saturated rings. The first-order chi connectivity index (χ1) is 18.6. The van der Waals surface area contributed by atoms with Gasteiger partial charge in [0.05, 0.1) is 6.04 Å². The molecule has 40 heavy (non-hydrogen) atoms. The number of amides is 3. The molecule has 224 valence electrons. The van der Waals surface area contributed by atoms with Crippen molar-refractivity contribution in [2.24, 2.45) is 23.2 Å². The van der Waals surface area contributed by atoms with Crippen LogP contribution in [0.25, 0.3) is 0 Å². The summed E-state index contributed by atoms with van der Waals surface area (Å²) >= 11 is 0. The number of ketones is 1. The highest BCUT2D eigenvalue weighted by molar-refractivity contribution is 6.36. The van der Waals surface area contributed by atoms with Gasteiger partial charge in [-0.2, -0.15) is 0 Å². The van der Waals surface area contributed by atoms with Gasteiger partial charge >= 0.3 is 18.0 Å². The molecule has 2 aliphatic carbocycles. The highest BCUT2D eigenvalue weighted by atomic mass is 16.6. The summed E-state index contributed by atoms with van der Waals surface area (Å²) < 4.78 is 9.93. The van der Waals surface area contributed by atoms with Gasteiger partial charge < -0.3 is 30.1 Å². The molecule has 0 bridgehead atoms. The smallest absolute Gasteiger partial charge is 0.408 e. The molecular formula is C28H43N3O9. The van der Waals surface area contributed by atoms with Crippen LogP contribution in [0, 0.1) is 23.2 Å². The number of carbonyl (C=O) groups excluding carboxylic acids is 5. The van der Waals surface area contributed by atoms with Gasteiger partial charge in [-0.25, -0.2) is 14.4 Å². The van der Waals surface area contributed by atoms with Gasteiger partial charge in [0.25, 0.3) is 5.78 Å². The molecule has 0 aromatic heterocycles. The van der Waals surface area contributed by atoms with Gasteiger partial charge in [-0.1, -0.05) is 40.0 Å². The van der Waals surface area contributed by atoms with E-state index in [-0.39, 0.29) is 35.5 Å². The lowest BCUT2D eigenvalue weighted by molar-refractivity contribution is -0.160. The first kappa shape index (κ1) is 31.3. The number of hydrogen-bond donors (Lipinski definition) is 3. The van der Waals surface area contributed by atoms with E-state index in [2.05, 4.69) is 15.4 Å². The molecule has 1 saturated heterocycles. The Morgan fingerprint density at radius 2 is 1.65 bits per heavy atom. The molecule has 0 aromatic carbocycles. The van der Waals surface area contributed by atoms with Crippen molar-refractivity contribution in [2.45, 2.75) is 104 Å². The minimum absolute atomic E-state index is 0.0653. The zero-order valence-electron chi connectivity index (χ0n) is 24.3. The molecule has 1 aliphatic heterocycles. The minimum Gasteiger partial charge on any atom is -0.479 e. The SMILES string of the molecule is CCC(NC(=O)C1C2C(CN1C(=O)C(NC(=O)OC(C)(C)C)C1CCCCC1)C2(C)C)C(=O)C(=O)OCC(=O)O. The second-order valence-corrected chi connectivity index (χ2v) is 12.7. The van der Waals surface area contributed by atoms with Crippen molar-refractivity contribution < 1.29 is 43.3 Å². The standard InChI is InChI=1S/C28H43N3O9/c1-7-17(22(34)25(37)39-14-18(32)33)29-23(35)21-19-16(28(19,5)6)13-31(21)24(36)20(15-11-9-8-10-12-15)30-26(38)40-27(2,3)4/h15-17,19-21H,7-14H2,1-6H3,(H,29,35)(H,30,38)(H,32,33). The van der Waals surface area contributed by atoms with Gasteiger partial charge in [-0.3, -0.25) is 14.4 Å². The number of esters is 1. The zero-order valence-corrected chi connectivity index (χ0v) is 24.3. The van der Waals surface area contributed by atoms with Crippen LogP contribution in [0.2, 0.25) is 0 Å². The van der Waals surface area contributed by atoms with Gasteiger partial charge in [0.15, 0.2) is 6.61 Å². The van der Waals surface area contributed by atoms with Crippen molar-refractivity contribution in [3.63, 3.8) is 0 Å². The fraction of sp³-hybridized carbons (Fsp3) is 0.786. The summed E-state index contributed by atoms with van der Waals surface area (Å²) in [5.41, 5.74) is -0.955. The molecule has 12 nitrogen and oxygen atoms in total. The van der Waals surface area contributed by atoms with Crippen LogP contribution in [0.15, 0.2) is 0 Å². The first-order valence-corrected chi connectivity index (χ1v) is 14.1. The second kappa shape index (κ2) is 12.1. The molecule has 0 spiro atoms. The quantitative estimate of drug-likeness (QED) is 0.265. The van der Waals surface area contributed by atoms with Crippen molar-refractivity contribution in [3.8, 4) is 0 Å². The lowest BCUT2D eigenvalue weighted by atomic mass is 9.83. The van der Waals surface area contributed by atoms with E-state index in [1.54, 1.807) is 27.7 Å². The Hall–Kier alpha value is -3.18. The lowest BCUT2D eigenvalue weighted by Gasteiger charge is -2.37. The van der Waals surface area contributed by atoms with Gasteiger partial charge in [0.2, 0.25) is 11.8 Å². The number of rotatable bonds is 10. The number of likely N-dealkylation sites (tertiary alicyclic amines) is 1. The molecule has 5 unspecified atom stereocenters. The van der Waals surface area contributed by atoms with E-state index in [4.69, 9.17) is 9.84 Å². The van der Waals surface area contributed by atoms with E-state index in [0.717, 1.165) is 32.1 Å². The molecule has 1 heterocycles. The number of fused-ring (bicyclic) bond motifs is 1. The fourth-order valence-electron chi connectivity index (χ4n) is 6.23. The van der Waals surface area contributed by atoms with E-state index in [0.29, 0.717) is 6.54 Å². The molecular weight excluding hydrogens is 522 g/mol. The van der Waals surface area contributed by atoms with E-state index in [9.17, 15) is 28.8 Å². The third-order valence-electron chi connectivity index (χ3n) is 8.39. The molecule has 0 radical (unpaired) electrons. The zero-order chi connectivity index (χ0) is 30.0. The van der Waals surface area contributed by atoms with Gasteiger partial charge in [-0.05, 0) is 63.2 Å². The van der Waals surface area contributed by atoms with E-state index in [1.165, 1.54) is 4.90 Å². The molecule has 5 atom stereocenters. The number of ether oxygens (including phenoxy) is 2. The lowest BCUT2D eigenvalue weighted by Crippen LogP contribution is -2.59. The number of nitrogens with one attached hydrogen (secondary N) is 2. The second-order valence-electron chi connectivity index (χ2n) is 12.7. The summed E-state index contributed by atoms with van der Waals surface area (Å²) in [4.78, 5) is 77.3. The Balaban J connectivity index is 1.81. The topological polar surface area (TPSA) is 168 Å². The summed E-state index contributed by atoms with van der Waals surface area (Å²) in [6, 6.07) is -2.99. The summed E-state index contributed by atoms with van der Waals surface area (Å²) in [6.45, 7) is 10.2. The summed E-state index contributed by atoms with van der Waals surface area (Å²) in [5.74, 6) is -4.94. The number of piperidine rings is 1. The number of hydrogen-bond acceptors (Lipinski definition) is 8. The third kappa shape index (κ3) is 7.11. The number of carboxylic acid groups (broad SMARTS) is 1. The Kier molecular flexibility index (Phi) is 9.51. The van der Waals surface area contributed by atoms with Crippen LogP contribution in [0.5, 0.6) is 0 Å². The number of alkyl carbamates (subject to hydrolysis) is 1. The molecule has 3 aliphatic rings. The van der Waals surface area contributed by atoms with Crippen LogP contribution in [-0.4, -0.2) is 82.5 Å². The third-order valence-corrected chi connectivity index (χ3v) is 8.39. The van der Waals surface area contributed by atoms with Crippen LogP contribution in [0.1, 0.15) is 80.1 Å². The van der Waals surface area contributed by atoms with E-state index >= 15 is 0 Å². The highest BCUT2D eigenvalue weighted by Crippen LogP contribution is 2.65. The van der Waals surface area contributed by atoms with Gasteiger partial charge in [0, 0.05) is 6.54 Å². The maximum atomic E-state index is 14.1. The molecule has 3 rings (SSSR count). The molecule has 2 saturated carbocycles. The first-order valence-electron chi connectivity index (χ1n) is 14.1. The number of carbonyl (C=O) groups is 6. The van der Waals surface area contributed by atoms with Crippen LogP contribution in [-0.2, 0) is 33.4 Å². The molecule has 12 heteroatoms. The summed E-state index contributed by atoms with van der Waals surface area (Å²) in [5, 5.41) is 14.1. The summed E-state index contributed by atoms with van der Waals surface area (Å²) in [6.07, 6.45) is 3.82. The highest BCUT2D eigenvalue weighted by Gasteiger charge is 2.69. The summed E-state index contributed by atoms with van der Waals surface area (Å²) in [7, 11) is 0. The monoisotopic (exact) mass is 565 g/mol. The minimum atomic E-state index is -1.41. The largest absolute Gasteiger partial charge is 0.479 e. The van der Waals surface area contributed by atoms with Gasteiger partial charge in [0.1, 0.15) is 17.7 Å². The van der Waals surface area contributed by atoms with Crippen molar-refractivity contribution in [1.29, 1.82) is 0 Å². The number of aliphatic carboxylic acids is 1. The Morgan fingerprint density at radius 3 is 2.20 bits per heavy atom. The number of carboxylic acids is 1. The number of Topliss-reactive ketones (excluding diaryl/α,β-unsaturated/α-hetero) is 1. The Labute approximate surface area is 234 Å². The predicted octanol–water partition coefficient (Wildman–Crippen LogP) is 2.03.